The Hall–Kier alpha value is -0.480. The lowest BCUT2D eigenvalue weighted by atomic mass is 9.50. The zero-order chi connectivity index (χ0) is 12.6. The van der Waals surface area contributed by atoms with Gasteiger partial charge < -0.3 is 0 Å². The third-order valence-corrected chi connectivity index (χ3v) is 5.59. The van der Waals surface area contributed by atoms with E-state index in [0.717, 1.165) is 37.4 Å². The van der Waals surface area contributed by atoms with E-state index in [9.17, 15) is 0 Å². The van der Waals surface area contributed by atoms with Gasteiger partial charge in [0.25, 0.3) is 0 Å². The lowest BCUT2D eigenvalue weighted by Gasteiger charge is -2.54. The molecule has 0 aliphatic heterocycles. The van der Waals surface area contributed by atoms with Crippen LogP contribution < -0.4 is 0 Å². The predicted octanol–water partition coefficient (Wildman–Crippen LogP) is 3.55. The standard InChI is InChI=1S/C17H27N/c1-3-18(4-2)7-5-6-17-11-14-8-15(12-17)10-16(9-14)13-17/h14-16H,3-4,7-13H2,1-2H3. The van der Waals surface area contributed by atoms with Gasteiger partial charge in [-0.15, -0.1) is 0 Å². The van der Waals surface area contributed by atoms with Crippen LogP contribution in [0, 0.1) is 35.0 Å². The molecule has 4 bridgehead atoms. The lowest BCUT2D eigenvalue weighted by Crippen LogP contribution is -2.45. The summed E-state index contributed by atoms with van der Waals surface area (Å²) in [5, 5.41) is 0. The molecule has 0 spiro atoms. The normalized spacial score (nSPS) is 40.9. The molecule has 4 saturated carbocycles. The SMILES string of the molecule is CCN(CC)CC#CC12CC3CC(CC(C3)C1)C2. The zero-order valence-corrected chi connectivity index (χ0v) is 12.0. The number of rotatable bonds is 3. The molecular formula is C17H27N. The van der Waals surface area contributed by atoms with Crippen LogP contribution in [-0.4, -0.2) is 24.5 Å². The Labute approximate surface area is 112 Å². The number of nitrogens with zero attached hydrogens (tertiary/aromatic N) is 1. The molecule has 0 aromatic heterocycles. The van der Waals surface area contributed by atoms with Crippen LogP contribution in [0.3, 0.4) is 0 Å². The third kappa shape index (κ3) is 2.32. The Bertz CT molecular complexity index is 320. The van der Waals surface area contributed by atoms with E-state index >= 15 is 0 Å². The predicted molar refractivity (Wildman–Crippen MR) is 76.2 cm³/mol. The topological polar surface area (TPSA) is 3.24 Å². The zero-order valence-electron chi connectivity index (χ0n) is 12.0. The van der Waals surface area contributed by atoms with E-state index in [1.165, 1.54) is 38.5 Å². The number of hydrogen-bond acceptors (Lipinski definition) is 1. The summed E-state index contributed by atoms with van der Waals surface area (Å²) in [6.45, 7) is 7.71. The molecule has 0 aromatic rings. The minimum atomic E-state index is 0.446. The summed E-state index contributed by atoms with van der Waals surface area (Å²) in [4.78, 5) is 2.42. The smallest absolute Gasteiger partial charge is 0.0601 e. The van der Waals surface area contributed by atoms with E-state index in [1.807, 2.05) is 0 Å². The van der Waals surface area contributed by atoms with Gasteiger partial charge in [-0.2, -0.15) is 0 Å². The first kappa shape index (κ1) is 12.5. The molecule has 100 valence electrons. The van der Waals surface area contributed by atoms with Gasteiger partial charge in [-0.1, -0.05) is 25.7 Å². The summed E-state index contributed by atoms with van der Waals surface area (Å²) in [5.41, 5.74) is 0.446. The molecule has 4 aliphatic carbocycles. The second kappa shape index (κ2) is 4.89. The fraction of sp³-hybridized carbons (Fsp3) is 0.882. The first-order valence-electron chi connectivity index (χ1n) is 7.95. The van der Waals surface area contributed by atoms with E-state index < -0.39 is 0 Å². The molecule has 0 heterocycles. The molecule has 0 radical (unpaired) electrons. The molecule has 4 fully saturated rings. The van der Waals surface area contributed by atoms with E-state index in [-0.39, 0.29) is 0 Å². The molecular weight excluding hydrogens is 218 g/mol. The van der Waals surface area contributed by atoms with Gasteiger partial charge in [0.1, 0.15) is 0 Å². The highest BCUT2D eigenvalue weighted by molar-refractivity contribution is 5.19. The Balaban J connectivity index is 1.67. The molecule has 0 N–H and O–H groups in total. The molecule has 18 heavy (non-hydrogen) atoms. The molecule has 0 saturated heterocycles. The quantitative estimate of drug-likeness (QED) is 0.687. The summed E-state index contributed by atoms with van der Waals surface area (Å²) in [6.07, 6.45) is 8.84. The van der Waals surface area contributed by atoms with Crippen LogP contribution in [0.5, 0.6) is 0 Å². The van der Waals surface area contributed by atoms with Gasteiger partial charge in [-0.25, -0.2) is 0 Å². The summed E-state index contributed by atoms with van der Waals surface area (Å²) in [5.74, 6) is 10.3. The van der Waals surface area contributed by atoms with Crippen LogP contribution in [0.25, 0.3) is 0 Å². The van der Waals surface area contributed by atoms with Gasteiger partial charge >= 0.3 is 0 Å². The summed E-state index contributed by atoms with van der Waals surface area (Å²) in [7, 11) is 0. The van der Waals surface area contributed by atoms with Crippen molar-refractivity contribution in [2.45, 2.75) is 52.4 Å². The van der Waals surface area contributed by atoms with Crippen LogP contribution in [0.4, 0.5) is 0 Å². The molecule has 0 aromatic carbocycles. The Morgan fingerprint density at radius 3 is 1.89 bits per heavy atom. The van der Waals surface area contributed by atoms with Crippen molar-refractivity contribution in [2.75, 3.05) is 19.6 Å². The van der Waals surface area contributed by atoms with Crippen LogP contribution >= 0.6 is 0 Å². The summed E-state index contributed by atoms with van der Waals surface area (Å²) in [6, 6.07) is 0. The van der Waals surface area contributed by atoms with E-state index in [1.54, 1.807) is 0 Å². The van der Waals surface area contributed by atoms with Crippen LogP contribution in [0.1, 0.15) is 52.4 Å². The average Bonchev–Trinajstić information content (AvgIpc) is 2.33. The van der Waals surface area contributed by atoms with Crippen LogP contribution in [-0.2, 0) is 0 Å². The molecule has 0 amide bonds. The van der Waals surface area contributed by atoms with Crippen molar-refractivity contribution >= 4 is 0 Å². The van der Waals surface area contributed by atoms with Crippen molar-refractivity contribution in [3.63, 3.8) is 0 Å². The number of hydrogen-bond donors (Lipinski definition) is 0. The van der Waals surface area contributed by atoms with Gasteiger partial charge in [-0.3, -0.25) is 4.90 Å². The lowest BCUT2D eigenvalue weighted by molar-refractivity contribution is -0.0182. The largest absolute Gasteiger partial charge is 0.293 e. The maximum atomic E-state index is 3.73. The van der Waals surface area contributed by atoms with Gasteiger partial charge in [0.15, 0.2) is 0 Å². The van der Waals surface area contributed by atoms with Gasteiger partial charge in [0, 0.05) is 5.41 Å². The fourth-order valence-corrected chi connectivity index (χ4v) is 5.05. The van der Waals surface area contributed by atoms with E-state index in [0.29, 0.717) is 5.41 Å². The highest BCUT2D eigenvalue weighted by atomic mass is 15.1. The van der Waals surface area contributed by atoms with E-state index in [2.05, 4.69) is 30.6 Å². The minimum absolute atomic E-state index is 0.446. The van der Waals surface area contributed by atoms with Gasteiger partial charge in [0.05, 0.1) is 6.54 Å². The second-order valence-corrected chi connectivity index (χ2v) is 6.96. The third-order valence-electron chi connectivity index (χ3n) is 5.59. The molecule has 1 nitrogen and oxygen atoms in total. The van der Waals surface area contributed by atoms with Gasteiger partial charge in [-0.05, 0) is 69.4 Å². The first-order chi connectivity index (χ1) is 8.73. The molecule has 1 heteroatoms. The highest BCUT2D eigenvalue weighted by Crippen LogP contribution is 2.59. The first-order valence-corrected chi connectivity index (χ1v) is 7.95. The van der Waals surface area contributed by atoms with Crippen LogP contribution in [0.15, 0.2) is 0 Å². The van der Waals surface area contributed by atoms with Crippen molar-refractivity contribution in [2.24, 2.45) is 23.2 Å². The van der Waals surface area contributed by atoms with Gasteiger partial charge in [0.2, 0.25) is 0 Å². The molecule has 0 unspecified atom stereocenters. The van der Waals surface area contributed by atoms with Crippen molar-refractivity contribution in [3.05, 3.63) is 0 Å². The maximum absolute atomic E-state index is 3.73. The highest BCUT2D eigenvalue weighted by Gasteiger charge is 2.50. The fourth-order valence-electron chi connectivity index (χ4n) is 5.05. The molecule has 4 rings (SSSR count). The van der Waals surface area contributed by atoms with Crippen molar-refractivity contribution in [3.8, 4) is 11.8 Å². The Kier molecular flexibility index (Phi) is 3.41. The van der Waals surface area contributed by atoms with Crippen molar-refractivity contribution in [1.82, 2.24) is 4.90 Å². The minimum Gasteiger partial charge on any atom is -0.293 e. The molecule has 0 atom stereocenters. The van der Waals surface area contributed by atoms with Crippen LogP contribution in [0.2, 0.25) is 0 Å². The Morgan fingerprint density at radius 1 is 0.944 bits per heavy atom. The molecule has 4 aliphatic rings. The summed E-state index contributed by atoms with van der Waals surface area (Å²) < 4.78 is 0. The monoisotopic (exact) mass is 245 g/mol. The maximum Gasteiger partial charge on any atom is 0.0601 e. The Morgan fingerprint density at radius 2 is 1.44 bits per heavy atom. The van der Waals surface area contributed by atoms with Crippen molar-refractivity contribution in [1.29, 1.82) is 0 Å². The van der Waals surface area contributed by atoms with Crippen molar-refractivity contribution < 1.29 is 0 Å². The van der Waals surface area contributed by atoms with E-state index in [4.69, 9.17) is 0 Å². The average molecular weight is 245 g/mol. The summed E-state index contributed by atoms with van der Waals surface area (Å²) >= 11 is 0. The second-order valence-electron chi connectivity index (χ2n) is 6.96.